The highest BCUT2D eigenvalue weighted by Crippen LogP contribution is 2.20. The molecule has 2 aromatic carbocycles. The van der Waals surface area contributed by atoms with Gasteiger partial charge in [-0.2, -0.15) is 0 Å². The number of carbonyl (C=O) groups is 3. The molecule has 50 heavy (non-hydrogen) atoms. The van der Waals surface area contributed by atoms with Gasteiger partial charge in [-0.1, -0.05) is 88.4 Å². The van der Waals surface area contributed by atoms with Crippen LogP contribution < -0.4 is 16.0 Å². The molecule has 0 saturated carbocycles. The Hall–Kier alpha value is -4.33. The third-order valence-corrected chi connectivity index (χ3v) is 10.1. The first-order valence-corrected chi connectivity index (χ1v) is 18.6. The van der Waals surface area contributed by atoms with Gasteiger partial charge in [0.1, 0.15) is 12.6 Å². The SMILES string of the molecule is CC(C)c1nc(CN(C)C(=O)N[C@H](C(=O)N[C@@H](Cc2ccccc2)C[C@H](O)[C@H](Cc2ccccc2)NC(=O)O[13CH2][13c]2[13cH]ncs2)C(C)C)cs1. The number of nitrogens with one attached hydrogen (secondary N) is 3. The largest absolute Gasteiger partial charge is 0.444 e. The molecule has 4 aromatic rings. The quantitative estimate of drug-likeness (QED) is 0.0993. The molecule has 0 unspecified atom stereocenters. The molecule has 11 nitrogen and oxygen atoms in total. The number of hydrogen-bond donors (Lipinski definition) is 4. The van der Waals surface area contributed by atoms with E-state index in [1.807, 2.05) is 79.9 Å². The predicted molar refractivity (Wildman–Crippen MR) is 197 cm³/mol. The van der Waals surface area contributed by atoms with Gasteiger partial charge < -0.3 is 30.7 Å². The van der Waals surface area contributed by atoms with E-state index < -0.39 is 30.3 Å². The number of rotatable bonds is 17. The number of alkyl carbamates (subject to hydrolysis) is 1. The van der Waals surface area contributed by atoms with Crippen LogP contribution in [0.4, 0.5) is 9.59 Å². The van der Waals surface area contributed by atoms with Gasteiger partial charge >= 0.3 is 12.1 Å². The Labute approximate surface area is 302 Å². The van der Waals surface area contributed by atoms with Crippen LogP contribution in [0.3, 0.4) is 0 Å². The van der Waals surface area contributed by atoms with E-state index in [-0.39, 0.29) is 30.9 Å². The average molecular weight is 724 g/mol. The van der Waals surface area contributed by atoms with Gasteiger partial charge in [-0.15, -0.1) is 22.7 Å². The van der Waals surface area contributed by atoms with Crippen molar-refractivity contribution in [2.24, 2.45) is 5.92 Å². The maximum absolute atomic E-state index is 13.9. The fraction of sp³-hybridized carbons (Fsp3) is 0.432. The summed E-state index contributed by atoms with van der Waals surface area (Å²) in [5, 5.41) is 23.5. The Morgan fingerprint density at radius 1 is 0.900 bits per heavy atom. The normalized spacial score (nSPS) is 13.7. The molecule has 4 N–H and O–H groups in total. The molecule has 4 amide bonds. The molecule has 0 spiro atoms. The van der Waals surface area contributed by atoms with Crippen LogP contribution in [0, 0.1) is 5.92 Å². The van der Waals surface area contributed by atoms with E-state index in [4.69, 9.17) is 4.74 Å². The minimum atomic E-state index is -1.05. The monoisotopic (exact) mass is 723 g/mol. The lowest BCUT2D eigenvalue weighted by Crippen LogP contribution is -2.55. The second-order valence-corrected chi connectivity index (χ2v) is 14.9. The number of carbonyl (C=O) groups excluding carboxylic acids is 3. The molecule has 0 saturated heterocycles. The summed E-state index contributed by atoms with van der Waals surface area (Å²) in [5.41, 5.74) is 4.35. The first-order valence-electron chi connectivity index (χ1n) is 16.8. The second-order valence-electron chi connectivity index (χ2n) is 13.0. The lowest BCUT2D eigenvalue weighted by Gasteiger charge is -2.30. The third kappa shape index (κ3) is 12.2. The van der Waals surface area contributed by atoms with E-state index in [2.05, 4.69) is 39.8 Å². The van der Waals surface area contributed by atoms with Crippen LogP contribution in [-0.2, 0) is 35.5 Å². The second kappa shape index (κ2) is 19.2. The smallest absolute Gasteiger partial charge is 0.407 e. The molecule has 2 aromatic heterocycles. The summed E-state index contributed by atoms with van der Waals surface area (Å²) in [6, 6.07) is 16.8. The van der Waals surface area contributed by atoms with Crippen molar-refractivity contribution in [1.29, 1.82) is 0 Å². The minimum absolute atomic E-state index is 0.0671. The fourth-order valence-corrected chi connectivity index (χ4v) is 6.72. The summed E-state index contributed by atoms with van der Waals surface area (Å²) in [5.74, 6) is -0.277. The first-order chi connectivity index (χ1) is 24.0. The van der Waals surface area contributed by atoms with Crippen molar-refractivity contribution in [1.82, 2.24) is 30.8 Å². The Balaban J connectivity index is 1.46. The summed E-state index contributed by atoms with van der Waals surface area (Å²) < 4.78 is 5.42. The van der Waals surface area contributed by atoms with Crippen molar-refractivity contribution in [3.63, 3.8) is 0 Å². The number of nitrogens with zero attached hydrogens (tertiary/aromatic N) is 3. The Bertz CT molecular complexity index is 1620. The van der Waals surface area contributed by atoms with Gasteiger partial charge in [-0.3, -0.25) is 9.78 Å². The van der Waals surface area contributed by atoms with E-state index in [1.165, 1.54) is 16.2 Å². The molecule has 0 radical (unpaired) electrons. The summed E-state index contributed by atoms with van der Waals surface area (Å²) in [6.45, 7) is 8.28. The summed E-state index contributed by atoms with van der Waals surface area (Å²) >= 11 is 2.95. The molecule has 0 aliphatic carbocycles. The highest BCUT2D eigenvalue weighted by molar-refractivity contribution is 7.09. The topological polar surface area (TPSA) is 146 Å². The lowest BCUT2D eigenvalue weighted by molar-refractivity contribution is -0.124. The zero-order chi connectivity index (χ0) is 36.0. The molecular formula is C37H48N6O5S2. The average Bonchev–Trinajstić information content (AvgIpc) is 3.79. The highest BCUT2D eigenvalue weighted by atomic mass is 32.1. The van der Waals surface area contributed by atoms with Crippen LogP contribution in [0.5, 0.6) is 0 Å². The number of ether oxygens (including phenoxy) is 1. The van der Waals surface area contributed by atoms with E-state index >= 15 is 0 Å². The van der Waals surface area contributed by atoms with Crippen LogP contribution >= 0.6 is 22.7 Å². The number of benzene rings is 2. The predicted octanol–water partition coefficient (Wildman–Crippen LogP) is 5.91. The van der Waals surface area contributed by atoms with Gasteiger partial charge in [0.25, 0.3) is 0 Å². The lowest BCUT2D eigenvalue weighted by atomic mass is 9.93. The number of aliphatic hydroxyl groups is 1. The molecule has 2 heterocycles. The number of hydrogen-bond acceptors (Lipinski definition) is 9. The molecular weight excluding hydrogens is 676 g/mol. The van der Waals surface area contributed by atoms with Crippen molar-refractivity contribution in [2.75, 3.05) is 7.05 Å². The number of urea groups is 1. The van der Waals surface area contributed by atoms with Crippen molar-refractivity contribution < 1.29 is 24.2 Å². The first kappa shape index (κ1) is 38.5. The van der Waals surface area contributed by atoms with Crippen molar-refractivity contribution in [3.8, 4) is 0 Å². The van der Waals surface area contributed by atoms with Gasteiger partial charge in [-0.25, -0.2) is 14.6 Å². The maximum Gasteiger partial charge on any atom is 0.407 e. The van der Waals surface area contributed by atoms with Gasteiger partial charge in [0.15, 0.2) is 0 Å². The number of aromatic nitrogens is 2. The molecule has 268 valence electrons. The van der Waals surface area contributed by atoms with Crippen LogP contribution in [0.1, 0.15) is 66.7 Å². The number of thiazole rings is 2. The van der Waals surface area contributed by atoms with E-state index in [1.54, 1.807) is 30.1 Å². The fourth-order valence-electron chi connectivity index (χ4n) is 5.39. The van der Waals surface area contributed by atoms with Crippen LogP contribution in [0.25, 0.3) is 0 Å². The molecule has 13 heteroatoms. The highest BCUT2D eigenvalue weighted by Gasteiger charge is 2.31. The van der Waals surface area contributed by atoms with E-state index in [0.717, 1.165) is 26.7 Å². The van der Waals surface area contributed by atoms with Gasteiger partial charge in [-0.05, 0) is 36.3 Å². The van der Waals surface area contributed by atoms with Crippen molar-refractivity contribution >= 4 is 40.7 Å². The summed E-state index contributed by atoms with van der Waals surface area (Å²) in [7, 11) is 1.68. The van der Waals surface area contributed by atoms with Gasteiger partial charge in [0.05, 0.1) is 39.8 Å². The molecule has 0 aliphatic rings. The molecule has 0 bridgehead atoms. The molecule has 0 fully saturated rings. The zero-order valence-electron chi connectivity index (χ0n) is 29.2. The van der Waals surface area contributed by atoms with Crippen LogP contribution in [-0.4, -0.2) is 69.3 Å². The van der Waals surface area contributed by atoms with Gasteiger partial charge in [0.2, 0.25) is 5.91 Å². The van der Waals surface area contributed by atoms with E-state index in [9.17, 15) is 19.5 Å². The number of amides is 4. The van der Waals surface area contributed by atoms with Crippen molar-refractivity contribution in [3.05, 3.63) is 104 Å². The Kier molecular flexibility index (Phi) is 14.7. The van der Waals surface area contributed by atoms with Gasteiger partial charge in [0, 0.05) is 30.6 Å². The molecule has 4 atom stereocenters. The Morgan fingerprint density at radius 2 is 1.56 bits per heavy atom. The zero-order valence-corrected chi connectivity index (χ0v) is 30.9. The van der Waals surface area contributed by atoms with Crippen molar-refractivity contribution in [2.45, 2.75) is 90.3 Å². The molecule has 4 rings (SSSR count). The Morgan fingerprint density at radius 3 is 2.14 bits per heavy atom. The van der Waals surface area contributed by atoms with E-state index in [0.29, 0.717) is 25.3 Å². The minimum Gasteiger partial charge on any atom is -0.444 e. The molecule has 0 aliphatic heterocycles. The summed E-state index contributed by atoms with van der Waals surface area (Å²) in [4.78, 5) is 51.0. The standard InChI is InChI=1S/C37H48N6O5S2/c1-24(2)33(42-36(46)43(5)20-29-22-49-35(40-29)25(3)4)34(45)39-28(16-26-12-8-6-9-13-26)18-32(44)31(17-27-14-10-7-11-15-27)41-37(47)48-21-30-19-38-23-50-30/h6-15,19,22-25,28,31-33,44H,16-18,20-21H2,1-5H3,(H,39,45)(H,41,47)(H,42,46)/t28-,31-,32-,33-/m0/s1/i19+1,21+1,30+1. The van der Waals surface area contributed by atoms with Crippen LogP contribution in [0.15, 0.2) is 77.8 Å². The maximum atomic E-state index is 13.9. The number of aliphatic hydroxyl groups excluding tert-OH is 1. The van der Waals surface area contributed by atoms with Crippen LogP contribution in [0.2, 0.25) is 0 Å². The third-order valence-electron chi connectivity index (χ3n) is 8.13. The summed E-state index contributed by atoms with van der Waals surface area (Å²) in [6.07, 6.45) is 0.836.